The molecule has 1 aromatic carbocycles. The number of pyridine rings is 1. The highest BCUT2D eigenvalue weighted by molar-refractivity contribution is 5.63. The molecule has 0 aliphatic carbocycles. The molecule has 3 heteroatoms. The Bertz CT molecular complexity index is 510. The zero-order valence-electron chi connectivity index (χ0n) is 11.8. The number of para-hydroxylation sites is 1. The van der Waals surface area contributed by atoms with Gasteiger partial charge in [-0.1, -0.05) is 24.3 Å². The molecule has 0 fully saturated rings. The smallest absolute Gasteiger partial charge is 0.137 e. The maximum atomic E-state index is 4.58. The molecule has 0 saturated carbocycles. The van der Waals surface area contributed by atoms with Gasteiger partial charge < -0.3 is 10.2 Å². The molecule has 0 amide bonds. The lowest BCUT2D eigenvalue weighted by Crippen LogP contribution is -2.22. The van der Waals surface area contributed by atoms with Crippen LogP contribution in [0, 0.1) is 0 Å². The molecule has 19 heavy (non-hydrogen) atoms. The molecule has 3 nitrogen and oxygen atoms in total. The Morgan fingerprint density at radius 2 is 1.89 bits per heavy atom. The zero-order valence-corrected chi connectivity index (χ0v) is 11.8. The molecule has 2 aromatic rings. The number of rotatable bonds is 5. The standard InChI is InChI=1S/C16H21N3/c1-4-19(14-9-6-5-7-10-14)16-15(13(2)17-3)11-8-12-18-16/h5-13,17H,4H2,1-3H3. The topological polar surface area (TPSA) is 28.2 Å². The lowest BCUT2D eigenvalue weighted by molar-refractivity contribution is 0.648. The van der Waals surface area contributed by atoms with E-state index in [0.717, 1.165) is 12.4 Å². The van der Waals surface area contributed by atoms with E-state index in [2.05, 4.69) is 59.4 Å². The quantitative estimate of drug-likeness (QED) is 0.886. The average molecular weight is 255 g/mol. The summed E-state index contributed by atoms with van der Waals surface area (Å²) in [6, 6.07) is 14.8. The van der Waals surface area contributed by atoms with Gasteiger partial charge in [0.05, 0.1) is 0 Å². The summed E-state index contributed by atoms with van der Waals surface area (Å²) in [7, 11) is 1.97. The molecular formula is C16H21N3. The van der Waals surface area contributed by atoms with Gasteiger partial charge in [-0.2, -0.15) is 0 Å². The Morgan fingerprint density at radius 3 is 2.53 bits per heavy atom. The largest absolute Gasteiger partial charge is 0.326 e. The van der Waals surface area contributed by atoms with Crippen molar-refractivity contribution in [2.45, 2.75) is 19.9 Å². The van der Waals surface area contributed by atoms with Crippen LogP contribution in [0.3, 0.4) is 0 Å². The van der Waals surface area contributed by atoms with Crippen LogP contribution in [0.15, 0.2) is 48.7 Å². The maximum absolute atomic E-state index is 4.58. The van der Waals surface area contributed by atoms with Crippen LogP contribution in [-0.4, -0.2) is 18.6 Å². The Morgan fingerprint density at radius 1 is 1.16 bits per heavy atom. The number of nitrogens with one attached hydrogen (secondary N) is 1. The van der Waals surface area contributed by atoms with Crippen LogP contribution in [0.1, 0.15) is 25.5 Å². The van der Waals surface area contributed by atoms with Crippen molar-refractivity contribution in [2.75, 3.05) is 18.5 Å². The highest BCUT2D eigenvalue weighted by Gasteiger charge is 2.15. The molecule has 1 atom stereocenters. The number of aromatic nitrogens is 1. The lowest BCUT2D eigenvalue weighted by atomic mass is 10.1. The van der Waals surface area contributed by atoms with Crippen molar-refractivity contribution in [1.29, 1.82) is 0 Å². The molecule has 1 heterocycles. The van der Waals surface area contributed by atoms with Gasteiger partial charge >= 0.3 is 0 Å². The van der Waals surface area contributed by atoms with Crippen LogP contribution in [0.5, 0.6) is 0 Å². The fourth-order valence-electron chi connectivity index (χ4n) is 2.19. The van der Waals surface area contributed by atoms with Crippen molar-refractivity contribution in [1.82, 2.24) is 10.3 Å². The van der Waals surface area contributed by atoms with Gasteiger partial charge in [0.15, 0.2) is 0 Å². The van der Waals surface area contributed by atoms with Crippen LogP contribution in [0.4, 0.5) is 11.5 Å². The fraction of sp³-hybridized carbons (Fsp3) is 0.312. The molecule has 100 valence electrons. The molecular weight excluding hydrogens is 234 g/mol. The normalized spacial score (nSPS) is 12.2. The van der Waals surface area contributed by atoms with Gasteiger partial charge in [0.2, 0.25) is 0 Å². The fourth-order valence-corrected chi connectivity index (χ4v) is 2.19. The molecule has 1 aromatic heterocycles. The van der Waals surface area contributed by atoms with Gasteiger partial charge in [0.1, 0.15) is 5.82 Å². The predicted molar refractivity (Wildman–Crippen MR) is 80.8 cm³/mol. The summed E-state index contributed by atoms with van der Waals surface area (Å²) >= 11 is 0. The van der Waals surface area contributed by atoms with E-state index in [1.54, 1.807) is 0 Å². The first-order valence-electron chi connectivity index (χ1n) is 6.72. The van der Waals surface area contributed by atoms with Crippen molar-refractivity contribution < 1.29 is 0 Å². The molecule has 2 rings (SSSR count). The molecule has 0 aliphatic heterocycles. The summed E-state index contributed by atoms with van der Waals surface area (Å²) in [4.78, 5) is 6.82. The first-order chi connectivity index (χ1) is 9.27. The monoisotopic (exact) mass is 255 g/mol. The van der Waals surface area contributed by atoms with Crippen LogP contribution >= 0.6 is 0 Å². The molecule has 0 spiro atoms. The maximum Gasteiger partial charge on any atom is 0.137 e. The highest BCUT2D eigenvalue weighted by atomic mass is 15.2. The van der Waals surface area contributed by atoms with Crippen LogP contribution in [0.25, 0.3) is 0 Å². The zero-order chi connectivity index (χ0) is 13.7. The minimum absolute atomic E-state index is 0.279. The Kier molecular flexibility index (Phi) is 4.53. The van der Waals surface area contributed by atoms with Gasteiger partial charge in [-0.25, -0.2) is 4.98 Å². The predicted octanol–water partition coefficient (Wildman–Crippen LogP) is 3.52. The Balaban J connectivity index is 2.44. The van der Waals surface area contributed by atoms with E-state index in [1.807, 2.05) is 25.4 Å². The molecule has 0 radical (unpaired) electrons. The minimum atomic E-state index is 0.279. The second-order valence-corrected chi connectivity index (χ2v) is 4.51. The SMILES string of the molecule is CCN(c1ccccc1)c1ncccc1C(C)NC. The first kappa shape index (κ1) is 13.6. The van der Waals surface area contributed by atoms with Gasteiger partial charge in [-0.3, -0.25) is 0 Å². The summed E-state index contributed by atoms with van der Waals surface area (Å²) in [6.07, 6.45) is 1.85. The van der Waals surface area contributed by atoms with Gasteiger partial charge in [0.25, 0.3) is 0 Å². The third kappa shape index (κ3) is 2.93. The van der Waals surface area contributed by atoms with E-state index >= 15 is 0 Å². The van der Waals surface area contributed by atoms with E-state index in [0.29, 0.717) is 0 Å². The summed E-state index contributed by atoms with van der Waals surface area (Å²) in [6.45, 7) is 5.19. The molecule has 0 bridgehead atoms. The Labute approximate surface area is 115 Å². The third-order valence-electron chi connectivity index (χ3n) is 3.36. The van der Waals surface area contributed by atoms with Crippen molar-refractivity contribution >= 4 is 11.5 Å². The van der Waals surface area contributed by atoms with E-state index in [-0.39, 0.29) is 6.04 Å². The van der Waals surface area contributed by atoms with Crippen LogP contribution < -0.4 is 10.2 Å². The minimum Gasteiger partial charge on any atom is -0.326 e. The van der Waals surface area contributed by atoms with Gasteiger partial charge in [-0.15, -0.1) is 0 Å². The third-order valence-corrected chi connectivity index (χ3v) is 3.36. The van der Waals surface area contributed by atoms with Crippen molar-refractivity contribution in [2.24, 2.45) is 0 Å². The summed E-state index contributed by atoms with van der Waals surface area (Å²) in [5.41, 5.74) is 2.39. The number of hydrogen-bond acceptors (Lipinski definition) is 3. The molecule has 1 unspecified atom stereocenters. The average Bonchev–Trinajstić information content (AvgIpc) is 2.49. The van der Waals surface area contributed by atoms with E-state index in [4.69, 9.17) is 0 Å². The number of nitrogens with zero attached hydrogens (tertiary/aromatic N) is 2. The van der Waals surface area contributed by atoms with Crippen molar-refractivity contribution in [3.05, 3.63) is 54.2 Å². The first-order valence-corrected chi connectivity index (χ1v) is 6.72. The van der Waals surface area contributed by atoms with E-state index in [9.17, 15) is 0 Å². The van der Waals surface area contributed by atoms with Gasteiger partial charge in [-0.05, 0) is 39.1 Å². The second-order valence-electron chi connectivity index (χ2n) is 4.51. The lowest BCUT2D eigenvalue weighted by Gasteiger charge is -2.26. The number of hydrogen-bond donors (Lipinski definition) is 1. The molecule has 1 N–H and O–H groups in total. The number of anilines is 2. The van der Waals surface area contributed by atoms with E-state index in [1.165, 1.54) is 11.3 Å². The second kappa shape index (κ2) is 6.34. The summed E-state index contributed by atoms with van der Waals surface area (Å²) < 4.78 is 0. The summed E-state index contributed by atoms with van der Waals surface area (Å²) in [5.74, 6) is 1.03. The van der Waals surface area contributed by atoms with Crippen molar-refractivity contribution in [3.63, 3.8) is 0 Å². The van der Waals surface area contributed by atoms with E-state index < -0.39 is 0 Å². The Hall–Kier alpha value is -1.87. The molecule has 0 aliphatic rings. The number of benzene rings is 1. The van der Waals surface area contributed by atoms with Crippen LogP contribution in [-0.2, 0) is 0 Å². The van der Waals surface area contributed by atoms with Crippen molar-refractivity contribution in [3.8, 4) is 0 Å². The van der Waals surface area contributed by atoms with Gasteiger partial charge in [0, 0.05) is 30.0 Å². The van der Waals surface area contributed by atoms with Crippen LogP contribution in [0.2, 0.25) is 0 Å². The summed E-state index contributed by atoms with van der Waals surface area (Å²) in [5, 5.41) is 3.29. The highest BCUT2D eigenvalue weighted by Crippen LogP contribution is 2.29. The molecule has 0 saturated heterocycles.